The molecule has 26 heavy (non-hydrogen) atoms. The van der Waals surface area contributed by atoms with Crippen LogP contribution >= 0.6 is 0 Å². The minimum Gasteiger partial charge on any atom is -0.489 e. The number of nitrogen functional groups attached to an aromatic ring is 1. The standard InChI is InChI=1S/C21H21N3O2/c1-14-3-6-16(7-4-14)13-26-18-10-8-17(9-11-18)24-21(25)19-12-5-15(2)23-20(19)22/h3-12H,13H2,1-2H3,(H2,22,23)(H,24,25). The number of anilines is 2. The molecule has 1 heterocycles. The Hall–Kier alpha value is -3.34. The van der Waals surface area contributed by atoms with Gasteiger partial charge in [0.2, 0.25) is 0 Å². The van der Waals surface area contributed by atoms with Crippen LogP contribution in [0.2, 0.25) is 0 Å². The van der Waals surface area contributed by atoms with Crippen LogP contribution in [0.5, 0.6) is 5.75 Å². The number of amides is 1. The predicted octanol–water partition coefficient (Wildman–Crippen LogP) is 4.11. The van der Waals surface area contributed by atoms with Crippen LogP contribution in [-0.2, 0) is 6.61 Å². The summed E-state index contributed by atoms with van der Waals surface area (Å²) in [6.07, 6.45) is 0. The normalized spacial score (nSPS) is 10.4. The van der Waals surface area contributed by atoms with Gasteiger partial charge in [0, 0.05) is 11.4 Å². The molecule has 3 rings (SSSR count). The number of hydrogen-bond donors (Lipinski definition) is 2. The summed E-state index contributed by atoms with van der Waals surface area (Å²) < 4.78 is 5.77. The first kappa shape index (κ1) is 17.5. The summed E-state index contributed by atoms with van der Waals surface area (Å²) in [7, 11) is 0. The molecule has 0 spiro atoms. The van der Waals surface area contributed by atoms with Crippen molar-refractivity contribution in [2.24, 2.45) is 0 Å². The summed E-state index contributed by atoms with van der Waals surface area (Å²) in [5, 5.41) is 2.81. The lowest BCUT2D eigenvalue weighted by molar-refractivity contribution is 0.102. The first-order valence-electron chi connectivity index (χ1n) is 8.34. The van der Waals surface area contributed by atoms with Gasteiger partial charge in [0.1, 0.15) is 18.2 Å². The van der Waals surface area contributed by atoms with Gasteiger partial charge in [-0.1, -0.05) is 29.8 Å². The molecule has 0 atom stereocenters. The van der Waals surface area contributed by atoms with E-state index in [-0.39, 0.29) is 11.7 Å². The van der Waals surface area contributed by atoms with E-state index in [1.807, 2.05) is 31.2 Å². The molecule has 5 heteroatoms. The van der Waals surface area contributed by atoms with E-state index in [9.17, 15) is 4.79 Å². The highest BCUT2D eigenvalue weighted by Crippen LogP contribution is 2.19. The van der Waals surface area contributed by atoms with Crippen LogP contribution in [-0.4, -0.2) is 10.9 Å². The molecule has 0 radical (unpaired) electrons. The number of nitrogens with zero attached hydrogens (tertiary/aromatic N) is 1. The van der Waals surface area contributed by atoms with Gasteiger partial charge in [-0.3, -0.25) is 4.79 Å². The van der Waals surface area contributed by atoms with Gasteiger partial charge >= 0.3 is 0 Å². The van der Waals surface area contributed by atoms with Crippen molar-refractivity contribution in [2.45, 2.75) is 20.5 Å². The van der Waals surface area contributed by atoms with Gasteiger partial charge in [-0.15, -0.1) is 0 Å². The maximum atomic E-state index is 12.3. The summed E-state index contributed by atoms with van der Waals surface area (Å²) in [5.41, 5.74) is 9.93. The second-order valence-corrected chi connectivity index (χ2v) is 6.14. The summed E-state index contributed by atoms with van der Waals surface area (Å²) in [5.74, 6) is 0.670. The molecule has 3 aromatic rings. The Balaban J connectivity index is 1.60. The Morgan fingerprint density at radius 3 is 2.35 bits per heavy atom. The lowest BCUT2D eigenvalue weighted by atomic mass is 10.2. The van der Waals surface area contributed by atoms with Crippen LogP contribution < -0.4 is 15.8 Å². The van der Waals surface area contributed by atoms with Crippen LogP contribution in [0, 0.1) is 13.8 Å². The molecule has 132 valence electrons. The maximum absolute atomic E-state index is 12.3. The number of nitrogens with one attached hydrogen (secondary N) is 1. The maximum Gasteiger partial charge on any atom is 0.259 e. The van der Waals surface area contributed by atoms with Gasteiger partial charge in [0.15, 0.2) is 0 Å². The molecule has 2 aromatic carbocycles. The topological polar surface area (TPSA) is 77.2 Å². The minimum atomic E-state index is -0.289. The Morgan fingerprint density at radius 1 is 1.00 bits per heavy atom. The van der Waals surface area contributed by atoms with Crippen molar-refractivity contribution >= 4 is 17.4 Å². The van der Waals surface area contributed by atoms with Gasteiger partial charge < -0.3 is 15.8 Å². The first-order valence-corrected chi connectivity index (χ1v) is 8.34. The number of benzene rings is 2. The molecule has 5 nitrogen and oxygen atoms in total. The summed E-state index contributed by atoms with van der Waals surface area (Å²) in [6.45, 7) is 4.38. The van der Waals surface area contributed by atoms with Crippen LogP contribution in [0.1, 0.15) is 27.2 Å². The van der Waals surface area contributed by atoms with E-state index in [2.05, 4.69) is 29.4 Å². The van der Waals surface area contributed by atoms with Crippen molar-refractivity contribution in [1.29, 1.82) is 0 Å². The fourth-order valence-electron chi connectivity index (χ4n) is 2.45. The smallest absolute Gasteiger partial charge is 0.259 e. The molecule has 1 amide bonds. The molecule has 0 unspecified atom stereocenters. The zero-order valence-electron chi connectivity index (χ0n) is 14.8. The molecular formula is C21H21N3O2. The molecule has 0 aliphatic rings. The van der Waals surface area contributed by atoms with Crippen LogP contribution in [0.25, 0.3) is 0 Å². The summed E-state index contributed by atoms with van der Waals surface area (Å²) in [6, 6.07) is 18.9. The Labute approximate surface area is 152 Å². The lowest BCUT2D eigenvalue weighted by Gasteiger charge is -2.10. The summed E-state index contributed by atoms with van der Waals surface area (Å²) in [4.78, 5) is 16.4. The zero-order valence-corrected chi connectivity index (χ0v) is 14.8. The van der Waals surface area contributed by atoms with Crippen LogP contribution in [0.15, 0.2) is 60.7 Å². The molecule has 0 aliphatic carbocycles. The van der Waals surface area contributed by atoms with Crippen molar-refractivity contribution in [1.82, 2.24) is 4.98 Å². The number of ether oxygens (including phenoxy) is 1. The number of carbonyl (C=O) groups excluding carboxylic acids is 1. The van der Waals surface area contributed by atoms with Crippen molar-refractivity contribution < 1.29 is 9.53 Å². The van der Waals surface area contributed by atoms with Crippen molar-refractivity contribution in [2.75, 3.05) is 11.1 Å². The first-order chi connectivity index (χ1) is 12.5. The average Bonchev–Trinajstić information content (AvgIpc) is 2.62. The fourth-order valence-corrected chi connectivity index (χ4v) is 2.45. The largest absolute Gasteiger partial charge is 0.489 e. The number of carbonyl (C=O) groups is 1. The predicted molar refractivity (Wildman–Crippen MR) is 103 cm³/mol. The fraction of sp³-hybridized carbons (Fsp3) is 0.143. The Kier molecular flexibility index (Phi) is 5.17. The number of rotatable bonds is 5. The summed E-state index contributed by atoms with van der Waals surface area (Å²) >= 11 is 0. The molecule has 0 saturated carbocycles. The molecular weight excluding hydrogens is 326 g/mol. The zero-order chi connectivity index (χ0) is 18.5. The molecule has 0 bridgehead atoms. The van der Waals surface area contributed by atoms with Gasteiger partial charge in [0.05, 0.1) is 5.56 Å². The van der Waals surface area contributed by atoms with Crippen LogP contribution in [0.4, 0.5) is 11.5 Å². The quantitative estimate of drug-likeness (QED) is 0.728. The van der Waals surface area contributed by atoms with Gasteiger partial charge in [-0.25, -0.2) is 4.98 Å². The second-order valence-electron chi connectivity index (χ2n) is 6.14. The number of aryl methyl sites for hydroxylation is 2. The van der Waals surface area contributed by atoms with E-state index in [0.29, 0.717) is 17.9 Å². The van der Waals surface area contributed by atoms with Crippen LogP contribution in [0.3, 0.4) is 0 Å². The highest BCUT2D eigenvalue weighted by Gasteiger charge is 2.11. The molecule has 0 aliphatic heterocycles. The number of aromatic nitrogens is 1. The number of hydrogen-bond acceptors (Lipinski definition) is 4. The van der Waals surface area contributed by atoms with E-state index in [4.69, 9.17) is 10.5 Å². The van der Waals surface area contributed by atoms with Crippen molar-refractivity contribution in [3.8, 4) is 5.75 Å². The van der Waals surface area contributed by atoms with E-state index in [0.717, 1.165) is 17.0 Å². The third kappa shape index (κ3) is 4.39. The lowest BCUT2D eigenvalue weighted by Crippen LogP contribution is -2.15. The monoisotopic (exact) mass is 347 g/mol. The minimum absolute atomic E-state index is 0.223. The van der Waals surface area contributed by atoms with Gasteiger partial charge in [-0.2, -0.15) is 0 Å². The van der Waals surface area contributed by atoms with E-state index < -0.39 is 0 Å². The van der Waals surface area contributed by atoms with Gasteiger partial charge in [-0.05, 0) is 55.8 Å². The molecule has 0 fully saturated rings. The molecule has 3 N–H and O–H groups in total. The van der Waals surface area contributed by atoms with Crippen molar-refractivity contribution in [3.63, 3.8) is 0 Å². The Morgan fingerprint density at radius 2 is 1.69 bits per heavy atom. The van der Waals surface area contributed by atoms with E-state index >= 15 is 0 Å². The third-order valence-corrected chi connectivity index (χ3v) is 3.95. The average molecular weight is 347 g/mol. The molecule has 0 saturated heterocycles. The van der Waals surface area contributed by atoms with E-state index in [1.165, 1.54) is 5.56 Å². The Bertz CT molecular complexity index is 904. The van der Waals surface area contributed by atoms with Crippen molar-refractivity contribution in [3.05, 3.63) is 83.0 Å². The van der Waals surface area contributed by atoms with E-state index in [1.54, 1.807) is 24.3 Å². The van der Waals surface area contributed by atoms with Gasteiger partial charge in [0.25, 0.3) is 5.91 Å². The SMILES string of the molecule is Cc1ccc(COc2ccc(NC(=O)c3ccc(C)nc3N)cc2)cc1. The molecule has 1 aromatic heterocycles. The highest BCUT2D eigenvalue weighted by molar-refractivity contribution is 6.07. The number of nitrogens with two attached hydrogens (primary N) is 1. The second kappa shape index (κ2) is 7.70. The highest BCUT2D eigenvalue weighted by atomic mass is 16.5. The number of pyridine rings is 1. The third-order valence-electron chi connectivity index (χ3n) is 3.95.